The van der Waals surface area contributed by atoms with Gasteiger partial charge in [-0.1, -0.05) is 43.3 Å². The topological polar surface area (TPSA) is 52.6 Å². The molecule has 0 amide bonds. The quantitative estimate of drug-likeness (QED) is 0.427. The lowest BCUT2D eigenvalue weighted by Crippen LogP contribution is -2.02. The van der Waals surface area contributed by atoms with E-state index in [0.29, 0.717) is 23.5 Å². The van der Waals surface area contributed by atoms with Gasteiger partial charge in [0.15, 0.2) is 0 Å². The lowest BCUT2D eigenvalue weighted by Gasteiger charge is -2.15. The molecule has 142 valence electrons. The van der Waals surface area contributed by atoms with Gasteiger partial charge in [-0.15, -0.1) is 0 Å². The van der Waals surface area contributed by atoms with Gasteiger partial charge in [0.05, 0.1) is 12.7 Å². The van der Waals surface area contributed by atoms with Crippen LogP contribution in [0.25, 0.3) is 11.1 Å². The smallest absolute Gasteiger partial charge is 0.337 e. The molecule has 0 bridgehead atoms. The Morgan fingerprint density at radius 1 is 0.964 bits per heavy atom. The molecule has 0 heterocycles. The van der Waals surface area contributed by atoms with Crippen LogP contribution in [0, 0.1) is 0 Å². The Morgan fingerprint density at radius 2 is 1.71 bits per heavy atom. The number of aldehydes is 1. The van der Waals surface area contributed by atoms with Crippen LogP contribution in [0.2, 0.25) is 0 Å². The Hall–Kier alpha value is -3.40. The van der Waals surface area contributed by atoms with Gasteiger partial charge >= 0.3 is 5.97 Å². The molecule has 0 aromatic heterocycles. The maximum absolute atomic E-state index is 11.5. The number of carbonyl (C=O) groups is 2. The largest absolute Gasteiger partial charge is 0.488 e. The van der Waals surface area contributed by atoms with Crippen molar-refractivity contribution in [1.29, 1.82) is 0 Å². The molecule has 0 fully saturated rings. The van der Waals surface area contributed by atoms with Gasteiger partial charge in [-0.2, -0.15) is 0 Å². The number of rotatable bonds is 7. The minimum Gasteiger partial charge on any atom is -0.488 e. The van der Waals surface area contributed by atoms with Gasteiger partial charge in [0, 0.05) is 11.1 Å². The lowest BCUT2D eigenvalue weighted by atomic mass is 9.96. The molecule has 3 aromatic rings. The number of carbonyl (C=O) groups excluding carboxylic acids is 2. The monoisotopic (exact) mass is 374 g/mol. The second kappa shape index (κ2) is 9.00. The highest BCUT2D eigenvalue weighted by Gasteiger charge is 2.12. The number of hydrogen-bond acceptors (Lipinski definition) is 4. The molecule has 0 saturated heterocycles. The van der Waals surface area contributed by atoms with E-state index in [1.807, 2.05) is 42.5 Å². The van der Waals surface area contributed by atoms with Crippen LogP contribution in [-0.2, 0) is 17.8 Å². The predicted octanol–water partition coefficient (Wildman–Crippen LogP) is 5.09. The van der Waals surface area contributed by atoms with Gasteiger partial charge in [-0.05, 0) is 53.4 Å². The Balaban J connectivity index is 1.88. The fourth-order valence-electron chi connectivity index (χ4n) is 3.06. The molecule has 4 heteroatoms. The zero-order valence-corrected chi connectivity index (χ0v) is 16.0. The number of aryl methyl sites for hydroxylation is 1. The van der Waals surface area contributed by atoms with E-state index in [4.69, 9.17) is 9.47 Å². The van der Waals surface area contributed by atoms with Crippen molar-refractivity contribution in [2.24, 2.45) is 0 Å². The lowest BCUT2D eigenvalue weighted by molar-refractivity contribution is 0.0600. The number of hydrogen-bond donors (Lipinski definition) is 0. The van der Waals surface area contributed by atoms with Crippen LogP contribution in [0.3, 0.4) is 0 Å². The van der Waals surface area contributed by atoms with E-state index in [-0.39, 0.29) is 5.97 Å². The van der Waals surface area contributed by atoms with Crippen molar-refractivity contribution in [3.63, 3.8) is 0 Å². The summed E-state index contributed by atoms with van der Waals surface area (Å²) in [5.41, 5.74) is 5.19. The second-order valence-electron chi connectivity index (χ2n) is 6.36. The minimum atomic E-state index is -0.365. The second-order valence-corrected chi connectivity index (χ2v) is 6.36. The van der Waals surface area contributed by atoms with E-state index < -0.39 is 0 Å². The van der Waals surface area contributed by atoms with Gasteiger partial charge in [-0.3, -0.25) is 4.79 Å². The van der Waals surface area contributed by atoms with Crippen LogP contribution >= 0.6 is 0 Å². The van der Waals surface area contributed by atoms with Crippen molar-refractivity contribution < 1.29 is 19.1 Å². The van der Waals surface area contributed by atoms with Crippen molar-refractivity contribution in [3.8, 4) is 16.9 Å². The number of esters is 1. The highest BCUT2D eigenvalue weighted by Crippen LogP contribution is 2.34. The molecule has 0 unspecified atom stereocenters. The molecule has 4 nitrogen and oxygen atoms in total. The van der Waals surface area contributed by atoms with E-state index in [0.717, 1.165) is 29.4 Å². The van der Waals surface area contributed by atoms with E-state index in [1.165, 1.54) is 12.7 Å². The molecular weight excluding hydrogens is 352 g/mol. The summed E-state index contributed by atoms with van der Waals surface area (Å²) >= 11 is 0. The zero-order chi connectivity index (χ0) is 19.9. The molecule has 0 aliphatic carbocycles. The Labute approximate surface area is 164 Å². The highest BCUT2D eigenvalue weighted by molar-refractivity contribution is 5.89. The molecule has 0 N–H and O–H groups in total. The molecule has 28 heavy (non-hydrogen) atoms. The third-order valence-corrected chi connectivity index (χ3v) is 4.60. The number of methoxy groups -OCH3 is 1. The summed E-state index contributed by atoms with van der Waals surface area (Å²) in [7, 11) is 1.36. The van der Waals surface area contributed by atoms with E-state index in [1.54, 1.807) is 18.2 Å². The van der Waals surface area contributed by atoms with Gasteiger partial charge < -0.3 is 9.47 Å². The van der Waals surface area contributed by atoms with Crippen LogP contribution in [0.15, 0.2) is 66.7 Å². The maximum Gasteiger partial charge on any atom is 0.337 e. The first-order chi connectivity index (χ1) is 13.7. The Bertz CT molecular complexity index is 974. The van der Waals surface area contributed by atoms with Crippen molar-refractivity contribution in [2.75, 3.05) is 7.11 Å². The average Bonchev–Trinajstić information content (AvgIpc) is 2.77. The summed E-state index contributed by atoms with van der Waals surface area (Å²) in [6, 6.07) is 20.7. The summed E-state index contributed by atoms with van der Waals surface area (Å²) in [6.45, 7) is 2.45. The predicted molar refractivity (Wildman–Crippen MR) is 109 cm³/mol. The van der Waals surface area contributed by atoms with Crippen molar-refractivity contribution in [2.45, 2.75) is 20.0 Å². The average molecular weight is 374 g/mol. The molecule has 0 spiro atoms. The highest BCUT2D eigenvalue weighted by atomic mass is 16.5. The number of ether oxygens (including phenoxy) is 2. The zero-order valence-electron chi connectivity index (χ0n) is 16.0. The van der Waals surface area contributed by atoms with Gasteiger partial charge in [0.25, 0.3) is 0 Å². The third-order valence-electron chi connectivity index (χ3n) is 4.60. The molecule has 3 aromatic carbocycles. The molecule has 0 radical (unpaired) electrons. The molecule has 0 aliphatic rings. The Kier molecular flexibility index (Phi) is 6.22. The molecule has 0 saturated carbocycles. The molecule has 0 aliphatic heterocycles. The molecular formula is C24H22O4. The summed E-state index contributed by atoms with van der Waals surface area (Å²) in [5, 5.41) is 0. The van der Waals surface area contributed by atoms with Gasteiger partial charge in [0.2, 0.25) is 0 Å². The van der Waals surface area contributed by atoms with Crippen molar-refractivity contribution in [3.05, 3.63) is 89.0 Å². The minimum absolute atomic E-state index is 0.350. The fourth-order valence-corrected chi connectivity index (χ4v) is 3.06. The first kappa shape index (κ1) is 19.4. The summed E-state index contributed by atoms with van der Waals surface area (Å²) in [6.07, 6.45) is 1.73. The van der Waals surface area contributed by atoms with Gasteiger partial charge in [0.1, 0.15) is 18.6 Å². The van der Waals surface area contributed by atoms with E-state index >= 15 is 0 Å². The van der Waals surface area contributed by atoms with E-state index in [2.05, 4.69) is 13.0 Å². The van der Waals surface area contributed by atoms with Crippen molar-refractivity contribution in [1.82, 2.24) is 0 Å². The first-order valence-electron chi connectivity index (χ1n) is 9.13. The summed E-state index contributed by atoms with van der Waals surface area (Å²) in [4.78, 5) is 22.8. The SMILES string of the molecule is CCc1ccccc1-c1cc(C=O)ccc1OCc1ccc(C(=O)OC)cc1. The normalized spacial score (nSPS) is 10.4. The molecule has 0 atom stereocenters. The summed E-state index contributed by atoms with van der Waals surface area (Å²) < 4.78 is 10.8. The van der Waals surface area contributed by atoms with Crippen LogP contribution in [0.5, 0.6) is 5.75 Å². The van der Waals surface area contributed by atoms with Crippen molar-refractivity contribution >= 4 is 12.3 Å². The van der Waals surface area contributed by atoms with Crippen LogP contribution in [0.4, 0.5) is 0 Å². The Morgan fingerprint density at radius 3 is 2.39 bits per heavy atom. The van der Waals surface area contributed by atoms with Crippen LogP contribution in [0.1, 0.15) is 38.8 Å². The summed E-state index contributed by atoms with van der Waals surface area (Å²) in [5.74, 6) is 0.346. The van der Waals surface area contributed by atoms with Gasteiger partial charge in [-0.25, -0.2) is 4.79 Å². The third kappa shape index (κ3) is 4.29. The standard InChI is InChI=1S/C24H22O4/c1-3-19-6-4-5-7-21(19)22-14-18(15-25)10-13-23(22)28-16-17-8-11-20(12-9-17)24(26)27-2/h4-15H,3,16H2,1-2H3. The van der Waals surface area contributed by atoms with E-state index in [9.17, 15) is 9.59 Å². The van der Waals surface area contributed by atoms with Crippen LogP contribution in [-0.4, -0.2) is 19.4 Å². The van der Waals surface area contributed by atoms with Crippen LogP contribution < -0.4 is 4.74 Å². The fraction of sp³-hybridized carbons (Fsp3) is 0.167. The number of benzene rings is 3. The first-order valence-corrected chi connectivity index (χ1v) is 9.13. The maximum atomic E-state index is 11.5. The molecule has 3 rings (SSSR count).